The summed E-state index contributed by atoms with van der Waals surface area (Å²) in [5.74, 6) is -2.58. The molecule has 2 amide bonds. The third-order valence-corrected chi connectivity index (χ3v) is 4.31. The van der Waals surface area contributed by atoms with Gasteiger partial charge in [-0.3, -0.25) is 9.59 Å². The third-order valence-electron chi connectivity index (χ3n) is 4.31. The lowest BCUT2D eigenvalue weighted by Crippen LogP contribution is -2.45. The van der Waals surface area contributed by atoms with Crippen molar-refractivity contribution in [3.8, 4) is 0 Å². The zero-order valence-corrected chi connectivity index (χ0v) is 13.9. The topological polar surface area (TPSA) is 77.9 Å². The summed E-state index contributed by atoms with van der Waals surface area (Å²) in [6.45, 7) is 5.82. The van der Waals surface area contributed by atoms with Crippen LogP contribution in [0.25, 0.3) is 0 Å². The Kier molecular flexibility index (Phi) is 4.73. The highest BCUT2D eigenvalue weighted by molar-refractivity contribution is 6.10. The second-order valence-corrected chi connectivity index (χ2v) is 6.14. The molecule has 1 heterocycles. The fraction of sp³-hybridized carbons (Fsp3) is 0.471. The van der Waals surface area contributed by atoms with Gasteiger partial charge in [-0.25, -0.2) is 4.79 Å². The summed E-state index contributed by atoms with van der Waals surface area (Å²) in [6.07, 6.45) is 0.404. The number of amides is 2. The Hall–Kier alpha value is -2.37. The zero-order valence-electron chi connectivity index (χ0n) is 13.9. The Morgan fingerprint density at radius 1 is 1.26 bits per heavy atom. The molecule has 0 saturated carbocycles. The number of benzene rings is 1. The van der Waals surface area contributed by atoms with E-state index in [9.17, 15) is 14.4 Å². The molecule has 23 heavy (non-hydrogen) atoms. The maximum absolute atomic E-state index is 12.6. The predicted octanol–water partition coefficient (Wildman–Crippen LogP) is 1.59. The molecular weight excluding hydrogens is 296 g/mol. The number of carboxylic acid groups (broad SMARTS) is 1. The quantitative estimate of drug-likeness (QED) is 0.855. The van der Waals surface area contributed by atoms with Crippen molar-refractivity contribution in [2.45, 2.75) is 33.2 Å². The van der Waals surface area contributed by atoms with Crippen LogP contribution in [0, 0.1) is 19.8 Å². The Labute approximate surface area is 135 Å². The fourth-order valence-corrected chi connectivity index (χ4v) is 2.87. The average molecular weight is 318 g/mol. The largest absolute Gasteiger partial charge is 0.480 e. The summed E-state index contributed by atoms with van der Waals surface area (Å²) >= 11 is 0. The van der Waals surface area contributed by atoms with E-state index in [1.807, 2.05) is 32.0 Å². The van der Waals surface area contributed by atoms with Gasteiger partial charge in [0.2, 0.25) is 11.8 Å². The number of hydrogen-bond donors (Lipinski definition) is 1. The van der Waals surface area contributed by atoms with Crippen molar-refractivity contribution in [3.63, 3.8) is 0 Å². The number of anilines is 1. The molecule has 6 nitrogen and oxygen atoms in total. The number of aryl methyl sites for hydroxylation is 2. The lowest BCUT2D eigenvalue weighted by Gasteiger charge is -2.24. The van der Waals surface area contributed by atoms with Gasteiger partial charge in [-0.05, 0) is 50.5 Å². The van der Waals surface area contributed by atoms with Crippen molar-refractivity contribution in [2.24, 2.45) is 5.92 Å². The normalized spacial score (nSPS) is 18.9. The molecule has 1 aliphatic rings. The maximum atomic E-state index is 12.6. The number of nitrogens with zero attached hydrogens (tertiary/aromatic N) is 2. The van der Waals surface area contributed by atoms with Crippen LogP contribution in [0.2, 0.25) is 0 Å². The second-order valence-electron chi connectivity index (χ2n) is 6.14. The lowest BCUT2D eigenvalue weighted by atomic mass is 10.1. The van der Waals surface area contributed by atoms with Crippen molar-refractivity contribution in [1.82, 2.24) is 4.90 Å². The van der Waals surface area contributed by atoms with Crippen molar-refractivity contribution >= 4 is 23.5 Å². The summed E-state index contributed by atoms with van der Waals surface area (Å²) in [5.41, 5.74) is 2.90. The standard InChI is InChI=1S/C17H22N2O4/c1-10-7-11(2)9-13(8-10)19-6-5-14(16(19)21)15(20)18(4)12(3)17(22)23/h7-9,12,14H,5-6H2,1-4H3,(H,22,23). The van der Waals surface area contributed by atoms with Crippen LogP contribution >= 0.6 is 0 Å². The molecule has 1 aliphatic heterocycles. The van der Waals surface area contributed by atoms with Crippen LogP contribution < -0.4 is 4.90 Å². The smallest absolute Gasteiger partial charge is 0.326 e. The van der Waals surface area contributed by atoms with Crippen LogP contribution in [0.5, 0.6) is 0 Å². The molecule has 0 aromatic heterocycles. The summed E-state index contributed by atoms with van der Waals surface area (Å²) in [4.78, 5) is 38.8. The van der Waals surface area contributed by atoms with E-state index in [0.717, 1.165) is 21.7 Å². The summed E-state index contributed by atoms with van der Waals surface area (Å²) in [5, 5.41) is 9.01. The van der Waals surface area contributed by atoms with Gasteiger partial charge in [0, 0.05) is 19.3 Å². The van der Waals surface area contributed by atoms with E-state index in [-0.39, 0.29) is 5.91 Å². The number of carbonyl (C=O) groups is 3. The molecule has 1 N–H and O–H groups in total. The molecular formula is C17H22N2O4. The van der Waals surface area contributed by atoms with Crippen LogP contribution in [0.15, 0.2) is 18.2 Å². The monoisotopic (exact) mass is 318 g/mol. The molecule has 6 heteroatoms. The third kappa shape index (κ3) is 3.36. The van der Waals surface area contributed by atoms with E-state index in [0.29, 0.717) is 13.0 Å². The van der Waals surface area contributed by atoms with Gasteiger partial charge in [0.25, 0.3) is 0 Å². The van der Waals surface area contributed by atoms with Crippen molar-refractivity contribution in [2.75, 3.05) is 18.5 Å². The molecule has 124 valence electrons. The number of likely N-dealkylation sites (N-methyl/N-ethyl adjacent to an activating group) is 1. The molecule has 0 spiro atoms. The van der Waals surface area contributed by atoms with Gasteiger partial charge in [0.1, 0.15) is 12.0 Å². The Morgan fingerprint density at radius 3 is 2.35 bits per heavy atom. The minimum atomic E-state index is -1.09. The number of carboxylic acids is 1. The van der Waals surface area contributed by atoms with Crippen molar-refractivity contribution in [1.29, 1.82) is 0 Å². The molecule has 1 aromatic rings. The van der Waals surface area contributed by atoms with Gasteiger partial charge in [0.15, 0.2) is 0 Å². The van der Waals surface area contributed by atoms with Crippen molar-refractivity contribution < 1.29 is 19.5 Å². The van der Waals surface area contributed by atoms with Crippen LogP contribution in [0.3, 0.4) is 0 Å². The molecule has 0 aliphatic carbocycles. The van der Waals surface area contributed by atoms with Gasteiger partial charge in [0.05, 0.1) is 0 Å². The van der Waals surface area contributed by atoms with E-state index in [2.05, 4.69) is 0 Å². The molecule has 2 rings (SSSR count). The SMILES string of the molecule is Cc1cc(C)cc(N2CCC(C(=O)N(C)C(C)C(=O)O)C2=O)c1. The fourth-order valence-electron chi connectivity index (χ4n) is 2.87. The average Bonchev–Trinajstić information content (AvgIpc) is 2.85. The van der Waals surface area contributed by atoms with Gasteiger partial charge in [-0.2, -0.15) is 0 Å². The number of carbonyl (C=O) groups excluding carboxylic acids is 2. The number of hydrogen-bond acceptors (Lipinski definition) is 3. The van der Waals surface area contributed by atoms with E-state index in [1.54, 1.807) is 4.90 Å². The second kappa shape index (κ2) is 6.40. The zero-order chi connectivity index (χ0) is 17.3. The summed E-state index contributed by atoms with van der Waals surface area (Å²) in [7, 11) is 1.42. The van der Waals surface area contributed by atoms with E-state index in [4.69, 9.17) is 5.11 Å². The highest BCUT2D eigenvalue weighted by atomic mass is 16.4. The highest BCUT2D eigenvalue weighted by Gasteiger charge is 2.40. The van der Waals surface area contributed by atoms with E-state index in [1.165, 1.54) is 14.0 Å². The first-order valence-corrected chi connectivity index (χ1v) is 7.61. The molecule has 2 atom stereocenters. The number of rotatable bonds is 4. The van der Waals surface area contributed by atoms with Gasteiger partial charge in [-0.15, -0.1) is 0 Å². The van der Waals surface area contributed by atoms with Crippen LogP contribution in [0.4, 0.5) is 5.69 Å². The van der Waals surface area contributed by atoms with Gasteiger partial charge < -0.3 is 14.9 Å². The lowest BCUT2D eigenvalue weighted by molar-refractivity contribution is -0.151. The Bertz CT molecular complexity index is 636. The molecule has 2 unspecified atom stereocenters. The molecule has 1 fully saturated rings. The molecule has 1 aromatic carbocycles. The van der Waals surface area contributed by atoms with Crippen LogP contribution in [-0.4, -0.2) is 47.4 Å². The van der Waals surface area contributed by atoms with Crippen LogP contribution in [-0.2, 0) is 14.4 Å². The molecule has 0 radical (unpaired) electrons. The number of aliphatic carboxylic acids is 1. The van der Waals surface area contributed by atoms with E-state index >= 15 is 0 Å². The Morgan fingerprint density at radius 2 is 1.83 bits per heavy atom. The van der Waals surface area contributed by atoms with Gasteiger partial charge >= 0.3 is 5.97 Å². The van der Waals surface area contributed by atoms with E-state index < -0.39 is 23.8 Å². The molecule has 1 saturated heterocycles. The first kappa shape index (κ1) is 17.0. The summed E-state index contributed by atoms with van der Waals surface area (Å²) < 4.78 is 0. The first-order valence-electron chi connectivity index (χ1n) is 7.61. The molecule has 0 bridgehead atoms. The summed E-state index contributed by atoms with van der Waals surface area (Å²) in [6, 6.07) is 4.91. The first-order chi connectivity index (χ1) is 10.7. The minimum Gasteiger partial charge on any atom is -0.480 e. The van der Waals surface area contributed by atoms with Gasteiger partial charge in [-0.1, -0.05) is 6.07 Å². The Balaban J connectivity index is 2.18. The predicted molar refractivity (Wildman–Crippen MR) is 86.2 cm³/mol. The highest BCUT2D eigenvalue weighted by Crippen LogP contribution is 2.28. The van der Waals surface area contributed by atoms with Crippen molar-refractivity contribution in [3.05, 3.63) is 29.3 Å². The minimum absolute atomic E-state index is 0.260. The van der Waals surface area contributed by atoms with Crippen LogP contribution in [0.1, 0.15) is 24.5 Å². The maximum Gasteiger partial charge on any atom is 0.326 e.